The van der Waals surface area contributed by atoms with Crippen molar-refractivity contribution in [2.45, 2.75) is 27.2 Å². The molecule has 0 bridgehead atoms. The fourth-order valence-corrected chi connectivity index (χ4v) is 1.87. The van der Waals surface area contributed by atoms with Gasteiger partial charge in [0.25, 0.3) is 0 Å². The van der Waals surface area contributed by atoms with Gasteiger partial charge in [-0.15, -0.1) is 0 Å². The van der Waals surface area contributed by atoms with Crippen molar-refractivity contribution in [2.75, 3.05) is 6.61 Å². The molecule has 0 N–H and O–H groups in total. The summed E-state index contributed by atoms with van der Waals surface area (Å²) < 4.78 is 12.2. The molecule has 2 aromatic heterocycles. The van der Waals surface area contributed by atoms with Gasteiger partial charge in [0, 0.05) is 13.2 Å². The van der Waals surface area contributed by atoms with Crippen LogP contribution in [-0.2, 0) is 18.2 Å². The number of oxazole rings is 1. The number of aromatic nitrogens is 3. The third kappa shape index (κ3) is 2.52. The van der Waals surface area contributed by atoms with Crippen LogP contribution >= 0.6 is 0 Å². The van der Waals surface area contributed by atoms with Crippen LogP contribution in [0.2, 0.25) is 0 Å². The summed E-state index contributed by atoms with van der Waals surface area (Å²) in [5.74, 6) is 0.118. The first-order chi connectivity index (χ1) is 9.06. The Bertz CT molecular complexity index is 598. The molecule has 0 aliphatic heterocycles. The topological polar surface area (TPSA) is 70.2 Å². The number of esters is 1. The molecule has 0 atom stereocenters. The van der Waals surface area contributed by atoms with Crippen molar-refractivity contribution in [3.8, 4) is 11.5 Å². The number of ether oxygens (including phenoxy) is 1. The predicted octanol–water partition coefficient (Wildman–Crippen LogP) is 2.12. The fraction of sp³-hybridized carbons (Fsp3) is 0.462. The van der Waals surface area contributed by atoms with Gasteiger partial charge in [0.15, 0.2) is 0 Å². The molecule has 0 aliphatic rings. The summed E-state index contributed by atoms with van der Waals surface area (Å²) in [6.45, 7) is 5.85. The predicted molar refractivity (Wildman–Crippen MR) is 68.8 cm³/mol. The average molecular weight is 263 g/mol. The summed E-state index contributed by atoms with van der Waals surface area (Å²) >= 11 is 0. The van der Waals surface area contributed by atoms with Gasteiger partial charge in [-0.05, 0) is 20.3 Å². The monoisotopic (exact) mass is 263 g/mol. The molecule has 0 radical (unpaired) electrons. The van der Waals surface area contributed by atoms with Crippen LogP contribution in [0.5, 0.6) is 0 Å². The molecule has 0 fully saturated rings. The third-order valence-corrected chi connectivity index (χ3v) is 2.74. The van der Waals surface area contributed by atoms with Crippen LogP contribution in [-0.4, -0.2) is 27.3 Å². The van der Waals surface area contributed by atoms with E-state index in [1.165, 1.54) is 0 Å². The lowest BCUT2D eigenvalue weighted by atomic mass is 10.2. The zero-order chi connectivity index (χ0) is 14.0. The molecular formula is C13H17N3O3. The van der Waals surface area contributed by atoms with Gasteiger partial charge in [-0.1, -0.05) is 6.92 Å². The summed E-state index contributed by atoms with van der Waals surface area (Å²) in [6, 6.07) is 0. The molecule has 2 heterocycles. The zero-order valence-corrected chi connectivity index (χ0v) is 11.6. The number of rotatable bonds is 4. The highest BCUT2D eigenvalue weighted by Gasteiger charge is 2.22. The Kier molecular flexibility index (Phi) is 3.69. The maximum absolute atomic E-state index is 11.8. The smallest absolute Gasteiger partial charge is 0.376 e. The quantitative estimate of drug-likeness (QED) is 0.790. The van der Waals surface area contributed by atoms with Gasteiger partial charge >= 0.3 is 5.97 Å². The highest BCUT2D eigenvalue weighted by molar-refractivity contribution is 5.88. The van der Waals surface area contributed by atoms with Crippen LogP contribution in [0.1, 0.15) is 35.8 Å². The lowest BCUT2D eigenvalue weighted by molar-refractivity contribution is 0.0489. The third-order valence-electron chi connectivity index (χ3n) is 2.74. The van der Waals surface area contributed by atoms with E-state index in [2.05, 4.69) is 10.1 Å². The number of carbonyl (C=O) groups is 1. The summed E-state index contributed by atoms with van der Waals surface area (Å²) in [4.78, 5) is 16.1. The number of aryl methyl sites for hydroxylation is 3. The van der Waals surface area contributed by atoms with E-state index in [-0.39, 0.29) is 5.76 Å². The number of nitrogens with zero attached hydrogens (tertiary/aromatic N) is 3. The van der Waals surface area contributed by atoms with Crippen LogP contribution in [0.4, 0.5) is 0 Å². The first kappa shape index (κ1) is 13.3. The maximum atomic E-state index is 11.8. The fourth-order valence-electron chi connectivity index (χ4n) is 1.87. The van der Waals surface area contributed by atoms with Crippen molar-refractivity contribution in [1.29, 1.82) is 0 Å². The number of hydrogen-bond donors (Lipinski definition) is 0. The van der Waals surface area contributed by atoms with E-state index in [0.29, 0.717) is 24.6 Å². The summed E-state index contributed by atoms with van der Waals surface area (Å²) in [5, 5.41) is 4.23. The van der Waals surface area contributed by atoms with E-state index in [9.17, 15) is 4.79 Å². The van der Waals surface area contributed by atoms with E-state index < -0.39 is 5.97 Å². The van der Waals surface area contributed by atoms with E-state index >= 15 is 0 Å². The van der Waals surface area contributed by atoms with Gasteiger partial charge in [-0.25, -0.2) is 9.78 Å². The van der Waals surface area contributed by atoms with Crippen molar-refractivity contribution in [3.63, 3.8) is 0 Å². The molecule has 0 saturated heterocycles. The molecule has 0 aromatic carbocycles. The molecule has 0 amide bonds. The Balaban J connectivity index is 2.44. The van der Waals surface area contributed by atoms with Crippen molar-refractivity contribution in [1.82, 2.24) is 14.8 Å². The number of carbonyl (C=O) groups excluding carboxylic acids is 1. The lowest BCUT2D eigenvalue weighted by Crippen LogP contribution is -2.05. The Morgan fingerprint density at radius 2 is 2.21 bits per heavy atom. The average Bonchev–Trinajstić information content (AvgIpc) is 2.92. The summed E-state index contributed by atoms with van der Waals surface area (Å²) in [5.41, 5.74) is 2.20. The van der Waals surface area contributed by atoms with Gasteiger partial charge in [0.1, 0.15) is 0 Å². The van der Waals surface area contributed by atoms with Crippen molar-refractivity contribution < 1.29 is 13.9 Å². The highest BCUT2D eigenvalue weighted by atomic mass is 16.5. The minimum absolute atomic E-state index is 0.183. The Morgan fingerprint density at radius 3 is 2.74 bits per heavy atom. The molecular weight excluding hydrogens is 246 g/mol. The molecule has 2 aromatic rings. The molecule has 0 aliphatic carbocycles. The standard InChI is InChI=1S/C13H17N3O3/c1-5-10-11(13(17)18-6-2)19-12(14-10)9-7-16(4)15-8(9)3/h7H,5-6H2,1-4H3. The summed E-state index contributed by atoms with van der Waals surface area (Å²) in [7, 11) is 1.83. The second kappa shape index (κ2) is 5.26. The number of hydrogen-bond acceptors (Lipinski definition) is 5. The first-order valence-corrected chi connectivity index (χ1v) is 6.24. The zero-order valence-electron chi connectivity index (χ0n) is 11.6. The molecule has 6 nitrogen and oxygen atoms in total. The molecule has 0 spiro atoms. The van der Waals surface area contributed by atoms with Gasteiger partial charge in [0.2, 0.25) is 11.7 Å². The van der Waals surface area contributed by atoms with E-state index in [4.69, 9.17) is 9.15 Å². The van der Waals surface area contributed by atoms with Crippen LogP contribution in [0, 0.1) is 6.92 Å². The van der Waals surface area contributed by atoms with Gasteiger partial charge < -0.3 is 9.15 Å². The molecule has 6 heteroatoms. The van der Waals surface area contributed by atoms with E-state index in [1.54, 1.807) is 11.6 Å². The second-order valence-corrected chi connectivity index (χ2v) is 4.17. The normalized spacial score (nSPS) is 10.7. The molecule has 102 valence electrons. The largest absolute Gasteiger partial charge is 0.460 e. The SMILES string of the molecule is CCOC(=O)c1oc(-c2cn(C)nc2C)nc1CC. The van der Waals surface area contributed by atoms with Crippen LogP contribution < -0.4 is 0 Å². The minimum Gasteiger partial charge on any atom is -0.460 e. The van der Waals surface area contributed by atoms with Gasteiger partial charge in [-0.3, -0.25) is 4.68 Å². The second-order valence-electron chi connectivity index (χ2n) is 4.17. The maximum Gasteiger partial charge on any atom is 0.376 e. The van der Waals surface area contributed by atoms with Crippen LogP contribution in [0.25, 0.3) is 11.5 Å². The van der Waals surface area contributed by atoms with E-state index in [1.807, 2.05) is 27.1 Å². The summed E-state index contributed by atoms with van der Waals surface area (Å²) in [6.07, 6.45) is 2.42. The highest BCUT2D eigenvalue weighted by Crippen LogP contribution is 2.25. The van der Waals surface area contributed by atoms with Gasteiger partial charge in [-0.2, -0.15) is 5.10 Å². The Hall–Kier alpha value is -2.11. The minimum atomic E-state index is -0.473. The van der Waals surface area contributed by atoms with Crippen LogP contribution in [0.15, 0.2) is 10.6 Å². The van der Waals surface area contributed by atoms with Crippen molar-refractivity contribution in [3.05, 3.63) is 23.3 Å². The Labute approximate surface area is 111 Å². The lowest BCUT2D eigenvalue weighted by Gasteiger charge is -1.98. The van der Waals surface area contributed by atoms with E-state index in [0.717, 1.165) is 11.3 Å². The van der Waals surface area contributed by atoms with Gasteiger partial charge in [0.05, 0.1) is 23.6 Å². The molecule has 0 saturated carbocycles. The van der Waals surface area contributed by atoms with Crippen molar-refractivity contribution >= 4 is 5.97 Å². The molecule has 19 heavy (non-hydrogen) atoms. The molecule has 2 rings (SSSR count). The first-order valence-electron chi connectivity index (χ1n) is 6.24. The van der Waals surface area contributed by atoms with Crippen LogP contribution in [0.3, 0.4) is 0 Å². The van der Waals surface area contributed by atoms with Crippen molar-refractivity contribution in [2.24, 2.45) is 7.05 Å². The molecule has 0 unspecified atom stereocenters. The Morgan fingerprint density at radius 1 is 1.47 bits per heavy atom.